The molecule has 0 spiro atoms. The van der Waals surface area contributed by atoms with E-state index in [2.05, 4.69) is 0 Å². The molecule has 82 valence electrons. The zero-order valence-electron chi connectivity index (χ0n) is 7.15. The first-order valence-electron chi connectivity index (χ1n) is 3.54. The van der Waals surface area contributed by atoms with Crippen molar-refractivity contribution in [3.05, 3.63) is 23.8 Å². The molecule has 1 unspecified atom stereocenters. The Hall–Kier alpha value is -1.09. The van der Waals surface area contributed by atoms with Gasteiger partial charge in [0.1, 0.15) is 0 Å². The molecule has 6 nitrogen and oxygen atoms in total. The second-order valence-electron chi connectivity index (χ2n) is 2.54. The Morgan fingerprint density at radius 3 is 2.33 bits per heavy atom. The molecule has 8 heteroatoms. The van der Waals surface area contributed by atoms with Gasteiger partial charge in [0, 0.05) is 5.56 Å². The maximum Gasteiger partial charge on any atom is 0.294 e. The van der Waals surface area contributed by atoms with Crippen molar-refractivity contribution in [2.75, 3.05) is 0 Å². The molecular weight excluding hydrogens is 244 g/mol. The van der Waals surface area contributed by atoms with Crippen LogP contribution in [0.4, 0.5) is 0 Å². The van der Waals surface area contributed by atoms with E-state index in [1.165, 1.54) is 0 Å². The normalized spacial score (nSPS) is 13.5. The fourth-order valence-electron chi connectivity index (χ4n) is 0.938. The fraction of sp³-hybridized carbons (Fsp3) is 0. The molecule has 15 heavy (non-hydrogen) atoms. The molecule has 0 aliphatic rings. The molecule has 0 aliphatic heterocycles. The lowest BCUT2D eigenvalue weighted by molar-refractivity contribution is 0.112. The number of hydrogen-bond acceptors (Lipinski definition) is 4. The van der Waals surface area contributed by atoms with E-state index >= 15 is 0 Å². The zero-order valence-corrected chi connectivity index (χ0v) is 8.79. The minimum Gasteiger partial charge on any atom is -0.302 e. The summed E-state index contributed by atoms with van der Waals surface area (Å²) < 4.78 is 49.4. The van der Waals surface area contributed by atoms with Crippen LogP contribution in [0.1, 0.15) is 10.4 Å². The smallest absolute Gasteiger partial charge is 0.294 e. The third-order valence-electron chi connectivity index (χ3n) is 1.59. The topological polar surface area (TPSA) is 109 Å². The van der Waals surface area contributed by atoms with Crippen LogP contribution in [0.15, 0.2) is 28.0 Å². The molecule has 0 saturated carbocycles. The monoisotopic (exact) mass is 250 g/mol. The highest BCUT2D eigenvalue weighted by atomic mass is 32.2. The molecule has 0 fully saturated rings. The van der Waals surface area contributed by atoms with Gasteiger partial charge in [0.15, 0.2) is 17.4 Å². The number of carbonyl (C=O) groups is 1. The van der Waals surface area contributed by atoms with Crippen LogP contribution < -0.4 is 0 Å². The Morgan fingerprint density at radius 2 is 1.93 bits per heavy atom. The molecular formula is C7H6O6S2. The standard InChI is InChI=1S/C7H6O6S2/c8-4-5-3-6(15(11,12)13)1-2-7(5)14(9)10/h1-4H,(H,9,10)(H,11,12,13). The van der Waals surface area contributed by atoms with E-state index in [-0.39, 0.29) is 16.7 Å². The van der Waals surface area contributed by atoms with Gasteiger partial charge in [0.2, 0.25) is 0 Å². The van der Waals surface area contributed by atoms with Crippen molar-refractivity contribution in [3.63, 3.8) is 0 Å². The molecule has 0 aliphatic carbocycles. The van der Waals surface area contributed by atoms with Crippen LogP contribution in [-0.2, 0) is 21.2 Å². The molecule has 0 bridgehead atoms. The first-order valence-corrected chi connectivity index (χ1v) is 6.08. The average molecular weight is 250 g/mol. The zero-order chi connectivity index (χ0) is 11.6. The highest BCUT2D eigenvalue weighted by Gasteiger charge is 2.14. The van der Waals surface area contributed by atoms with E-state index in [1.54, 1.807) is 0 Å². The van der Waals surface area contributed by atoms with Crippen LogP contribution in [-0.4, -0.2) is 28.0 Å². The van der Waals surface area contributed by atoms with Gasteiger partial charge in [-0.25, -0.2) is 4.21 Å². The van der Waals surface area contributed by atoms with E-state index in [0.717, 1.165) is 18.2 Å². The Balaban J connectivity index is 3.45. The van der Waals surface area contributed by atoms with Crippen LogP contribution in [0.5, 0.6) is 0 Å². The van der Waals surface area contributed by atoms with Crippen molar-refractivity contribution >= 4 is 27.5 Å². The van der Waals surface area contributed by atoms with Crippen LogP contribution >= 0.6 is 0 Å². The van der Waals surface area contributed by atoms with Crippen LogP contribution in [0, 0.1) is 0 Å². The van der Waals surface area contributed by atoms with Crippen molar-refractivity contribution < 1.29 is 26.5 Å². The first-order chi connectivity index (χ1) is 6.86. The summed E-state index contributed by atoms with van der Waals surface area (Å²) in [7, 11) is -4.42. The Bertz CT molecular complexity index is 518. The van der Waals surface area contributed by atoms with Crippen molar-refractivity contribution in [3.8, 4) is 0 Å². The molecule has 0 saturated heterocycles. The van der Waals surface area contributed by atoms with Gasteiger partial charge in [0.25, 0.3) is 10.1 Å². The fourth-order valence-corrected chi connectivity index (χ4v) is 1.95. The average Bonchev–Trinajstić information content (AvgIpc) is 2.15. The van der Waals surface area contributed by atoms with Gasteiger partial charge in [-0.3, -0.25) is 9.35 Å². The molecule has 2 N–H and O–H groups in total. The summed E-state index contributed by atoms with van der Waals surface area (Å²) in [5, 5.41) is 0. The van der Waals surface area contributed by atoms with E-state index in [1.807, 2.05) is 0 Å². The van der Waals surface area contributed by atoms with Crippen LogP contribution in [0.2, 0.25) is 0 Å². The Morgan fingerprint density at radius 1 is 1.33 bits per heavy atom. The molecule has 1 rings (SSSR count). The Labute approximate surface area is 88.0 Å². The maximum absolute atomic E-state index is 10.7. The van der Waals surface area contributed by atoms with E-state index in [4.69, 9.17) is 9.11 Å². The van der Waals surface area contributed by atoms with Crippen molar-refractivity contribution in [2.45, 2.75) is 9.79 Å². The lowest BCUT2D eigenvalue weighted by Gasteiger charge is -2.01. The Kier molecular flexibility index (Phi) is 3.35. The van der Waals surface area contributed by atoms with Crippen molar-refractivity contribution in [1.82, 2.24) is 0 Å². The summed E-state index contributed by atoms with van der Waals surface area (Å²) in [5.74, 6) is 0. The minimum absolute atomic E-state index is 0.211. The van der Waals surface area contributed by atoms with E-state index < -0.39 is 26.1 Å². The highest BCUT2D eigenvalue weighted by Crippen LogP contribution is 2.16. The summed E-state index contributed by atoms with van der Waals surface area (Å²) in [6.07, 6.45) is 0.234. The third-order valence-corrected chi connectivity index (χ3v) is 3.19. The summed E-state index contributed by atoms with van der Waals surface area (Å²) in [4.78, 5) is 9.78. The molecule has 1 aromatic rings. The lowest BCUT2D eigenvalue weighted by Crippen LogP contribution is -2.02. The SMILES string of the molecule is O=Cc1cc(S(=O)(=O)O)ccc1S(=O)O. The highest BCUT2D eigenvalue weighted by molar-refractivity contribution is 7.85. The van der Waals surface area contributed by atoms with Gasteiger partial charge in [-0.1, -0.05) is 0 Å². The summed E-state index contributed by atoms with van der Waals surface area (Å²) >= 11 is -2.38. The third kappa shape index (κ3) is 2.69. The van der Waals surface area contributed by atoms with Crippen molar-refractivity contribution in [1.29, 1.82) is 0 Å². The summed E-state index contributed by atoms with van der Waals surface area (Å²) in [5.41, 5.74) is -0.258. The van der Waals surface area contributed by atoms with Gasteiger partial charge in [-0.05, 0) is 18.2 Å². The van der Waals surface area contributed by atoms with Gasteiger partial charge in [0.05, 0.1) is 9.79 Å². The van der Waals surface area contributed by atoms with Crippen LogP contribution in [0.25, 0.3) is 0 Å². The number of aldehydes is 1. The largest absolute Gasteiger partial charge is 0.302 e. The summed E-state index contributed by atoms with van der Waals surface area (Å²) in [6.45, 7) is 0. The number of carbonyl (C=O) groups excluding carboxylic acids is 1. The first kappa shape index (κ1) is 12.0. The van der Waals surface area contributed by atoms with E-state index in [0.29, 0.717) is 0 Å². The van der Waals surface area contributed by atoms with Crippen LogP contribution in [0.3, 0.4) is 0 Å². The van der Waals surface area contributed by atoms with E-state index in [9.17, 15) is 17.4 Å². The molecule has 1 aromatic carbocycles. The molecule has 0 heterocycles. The summed E-state index contributed by atoms with van der Waals surface area (Å²) in [6, 6.07) is 2.75. The number of benzene rings is 1. The van der Waals surface area contributed by atoms with Gasteiger partial charge in [-0.2, -0.15) is 8.42 Å². The van der Waals surface area contributed by atoms with Gasteiger partial charge >= 0.3 is 0 Å². The maximum atomic E-state index is 10.7. The molecule has 0 amide bonds. The lowest BCUT2D eigenvalue weighted by atomic mass is 10.2. The number of hydrogen-bond donors (Lipinski definition) is 2. The number of rotatable bonds is 3. The quantitative estimate of drug-likeness (QED) is 0.454. The molecule has 1 atom stereocenters. The van der Waals surface area contributed by atoms with Crippen molar-refractivity contribution in [2.24, 2.45) is 0 Å². The molecule has 0 radical (unpaired) electrons. The second-order valence-corrected chi connectivity index (χ2v) is 4.90. The van der Waals surface area contributed by atoms with Gasteiger partial charge in [-0.15, -0.1) is 0 Å². The predicted octanol–water partition coefficient (Wildman–Crippen LogP) is 0.326. The second kappa shape index (κ2) is 4.19. The van der Waals surface area contributed by atoms with Gasteiger partial charge < -0.3 is 4.55 Å². The minimum atomic E-state index is -4.42. The molecule has 0 aromatic heterocycles. The predicted molar refractivity (Wildman–Crippen MR) is 50.7 cm³/mol.